The van der Waals surface area contributed by atoms with Crippen molar-refractivity contribution < 1.29 is 38.7 Å². The first kappa shape index (κ1) is 44.2. The Hall–Kier alpha value is -4.55. The second kappa shape index (κ2) is 21.7. The molecule has 4 aromatic rings. The Morgan fingerprint density at radius 1 is 0.857 bits per heavy atom. The van der Waals surface area contributed by atoms with E-state index in [4.69, 9.17) is 42.1 Å². The number of benzene rings is 3. The summed E-state index contributed by atoms with van der Waals surface area (Å²) < 4.78 is 23.9. The molecule has 0 unspecified atom stereocenters. The van der Waals surface area contributed by atoms with Gasteiger partial charge in [-0.3, -0.25) is 4.98 Å². The highest BCUT2D eigenvalue weighted by Crippen LogP contribution is 2.36. The summed E-state index contributed by atoms with van der Waals surface area (Å²) in [6.45, 7) is 11.1. The predicted octanol–water partition coefficient (Wildman–Crippen LogP) is 9.03. The number of pyridine rings is 1. The summed E-state index contributed by atoms with van der Waals surface area (Å²) in [7, 11) is 0. The van der Waals surface area contributed by atoms with Gasteiger partial charge in [-0.1, -0.05) is 48.4 Å². The lowest BCUT2D eigenvalue weighted by Gasteiger charge is -2.20. The van der Waals surface area contributed by atoms with Gasteiger partial charge in [-0.2, -0.15) is 0 Å². The molecule has 0 saturated heterocycles. The van der Waals surface area contributed by atoms with Crippen molar-refractivity contribution in [2.24, 2.45) is 0 Å². The van der Waals surface area contributed by atoms with Crippen LogP contribution in [0.25, 0.3) is 11.1 Å². The molecule has 1 heterocycles. The van der Waals surface area contributed by atoms with Crippen molar-refractivity contribution in [1.29, 1.82) is 0 Å². The number of ether oxygens (including phenoxy) is 4. The number of carboxylic acid groups (broad SMARTS) is 1. The summed E-state index contributed by atoms with van der Waals surface area (Å²) in [5.41, 5.74) is 5.99. The van der Waals surface area contributed by atoms with Gasteiger partial charge in [0.15, 0.2) is 0 Å². The molecule has 0 aliphatic rings. The van der Waals surface area contributed by atoms with Crippen LogP contribution in [0.5, 0.6) is 17.2 Å². The highest BCUT2D eigenvalue weighted by atomic mass is 35.5. The zero-order valence-corrected chi connectivity index (χ0v) is 34.3. The van der Waals surface area contributed by atoms with E-state index in [0.717, 1.165) is 52.0 Å². The van der Waals surface area contributed by atoms with Crippen LogP contribution in [0.3, 0.4) is 0 Å². The smallest absolute Gasteiger partial charge is 0.407 e. The van der Waals surface area contributed by atoms with Gasteiger partial charge in [0.2, 0.25) is 0 Å². The van der Waals surface area contributed by atoms with Crippen LogP contribution in [-0.4, -0.2) is 64.5 Å². The van der Waals surface area contributed by atoms with Gasteiger partial charge in [0.1, 0.15) is 36.1 Å². The van der Waals surface area contributed by atoms with Crippen LogP contribution in [0.15, 0.2) is 67.0 Å². The normalized spacial score (nSPS) is 11.9. The van der Waals surface area contributed by atoms with Gasteiger partial charge >= 0.3 is 12.1 Å². The molecule has 0 spiro atoms. The van der Waals surface area contributed by atoms with Crippen LogP contribution in [0.4, 0.5) is 4.79 Å². The van der Waals surface area contributed by atoms with E-state index in [2.05, 4.69) is 41.6 Å². The Kier molecular flexibility index (Phi) is 17.1. The van der Waals surface area contributed by atoms with E-state index in [-0.39, 0.29) is 31.4 Å². The molecular weight excluding hydrogens is 757 g/mol. The maximum absolute atomic E-state index is 11.9. The number of hydrogen-bond donors (Lipinski definition) is 4. The Labute approximate surface area is 339 Å². The highest BCUT2D eigenvalue weighted by Gasteiger charge is 2.18. The lowest BCUT2D eigenvalue weighted by atomic mass is 9.93. The molecular formula is C43H53Cl2N3O8. The molecule has 302 valence electrons. The van der Waals surface area contributed by atoms with Crippen molar-refractivity contribution in [3.05, 3.63) is 105 Å². The number of amides is 1. The van der Waals surface area contributed by atoms with Crippen molar-refractivity contribution in [3.8, 4) is 28.4 Å². The number of rotatable bonds is 21. The van der Waals surface area contributed by atoms with Crippen LogP contribution in [0, 0.1) is 13.8 Å². The molecule has 1 atom stereocenters. The fourth-order valence-electron chi connectivity index (χ4n) is 5.92. The number of carbonyl (C=O) groups excluding carboxylic acids is 1. The fourth-order valence-corrected chi connectivity index (χ4v) is 6.27. The van der Waals surface area contributed by atoms with Crippen LogP contribution in [0.1, 0.15) is 84.6 Å². The van der Waals surface area contributed by atoms with E-state index in [0.29, 0.717) is 60.5 Å². The molecule has 1 aromatic heterocycles. The molecule has 56 heavy (non-hydrogen) atoms. The first-order chi connectivity index (χ1) is 26.8. The van der Waals surface area contributed by atoms with Crippen LogP contribution < -0.4 is 24.8 Å². The van der Waals surface area contributed by atoms with Crippen LogP contribution >= 0.6 is 23.2 Å². The molecule has 0 radical (unpaired) electrons. The van der Waals surface area contributed by atoms with Crippen molar-refractivity contribution in [2.45, 2.75) is 91.7 Å². The highest BCUT2D eigenvalue weighted by molar-refractivity contribution is 6.32. The second-order valence-electron chi connectivity index (χ2n) is 14.4. The number of aromatic carboxylic acids is 1. The summed E-state index contributed by atoms with van der Waals surface area (Å²) in [5, 5.41) is 26.1. The fraction of sp³-hybridized carbons (Fsp3) is 0.419. The third-order valence-electron chi connectivity index (χ3n) is 8.94. The average molecular weight is 811 g/mol. The number of carbonyl (C=O) groups is 2. The van der Waals surface area contributed by atoms with E-state index in [1.54, 1.807) is 18.3 Å². The summed E-state index contributed by atoms with van der Waals surface area (Å²) in [4.78, 5) is 27.5. The van der Waals surface area contributed by atoms with Gasteiger partial charge in [0, 0.05) is 54.6 Å². The monoisotopic (exact) mass is 809 g/mol. The molecule has 0 aliphatic heterocycles. The largest absolute Gasteiger partial charge is 0.493 e. The van der Waals surface area contributed by atoms with Crippen LogP contribution in [0.2, 0.25) is 5.02 Å². The molecule has 13 heteroatoms. The van der Waals surface area contributed by atoms with Gasteiger partial charge in [0.25, 0.3) is 0 Å². The summed E-state index contributed by atoms with van der Waals surface area (Å²) in [5.74, 6) is 1.17. The lowest BCUT2D eigenvalue weighted by molar-refractivity contribution is 0.0526. The quantitative estimate of drug-likeness (QED) is 0.0475. The lowest BCUT2D eigenvalue weighted by Crippen LogP contribution is -2.34. The number of alkyl halides is 1. The minimum atomic E-state index is -1.08. The van der Waals surface area contributed by atoms with E-state index in [1.165, 1.54) is 12.3 Å². The van der Waals surface area contributed by atoms with E-state index >= 15 is 0 Å². The third-order valence-corrected chi connectivity index (χ3v) is 9.50. The number of carboxylic acids is 1. The maximum Gasteiger partial charge on any atom is 0.407 e. The number of halogens is 2. The number of alkyl carbamates (subject to hydrolysis) is 1. The maximum atomic E-state index is 11.9. The Morgan fingerprint density at radius 3 is 2.30 bits per heavy atom. The first-order valence-corrected chi connectivity index (χ1v) is 19.6. The Balaban J connectivity index is 1.49. The first-order valence-electron chi connectivity index (χ1n) is 18.7. The zero-order chi connectivity index (χ0) is 40.7. The number of aliphatic hydroxyl groups is 1. The standard InChI is InChI=1S/C43H53Cl2N3O8/c1-28-31(11-8-13-35(28)36-14-9-15-38(29(36)2)53-18-10-16-44)27-55-40-21-39(54-26-30-19-33(41(50)51)23-46-22-30)32(20-37(40)45)24-48-34(25-49)12-6-7-17-47-42(52)56-43(3,4)5/h8-9,11,13-15,19-23,34,48-49H,6-7,10,12,16-18,24-27H2,1-5H3,(H,47,52)(H,50,51)/t34-/m0/s1. The van der Waals surface area contributed by atoms with Gasteiger partial charge in [-0.25, -0.2) is 9.59 Å². The molecule has 3 aromatic carbocycles. The number of nitrogens with zero attached hydrogens (tertiary/aromatic N) is 1. The minimum Gasteiger partial charge on any atom is -0.493 e. The van der Waals surface area contributed by atoms with Gasteiger partial charge in [-0.15, -0.1) is 11.6 Å². The zero-order valence-electron chi connectivity index (χ0n) is 32.8. The van der Waals surface area contributed by atoms with E-state index in [9.17, 15) is 19.8 Å². The molecule has 1 amide bonds. The van der Waals surface area contributed by atoms with Crippen molar-refractivity contribution in [1.82, 2.24) is 15.6 Å². The number of nitrogens with one attached hydrogen (secondary N) is 2. The Bertz CT molecular complexity index is 1920. The molecule has 11 nitrogen and oxygen atoms in total. The predicted molar refractivity (Wildman–Crippen MR) is 219 cm³/mol. The van der Waals surface area contributed by atoms with E-state index < -0.39 is 17.7 Å². The summed E-state index contributed by atoms with van der Waals surface area (Å²) >= 11 is 12.7. The number of unbranched alkanes of at least 4 members (excludes halogenated alkanes) is 1. The van der Waals surface area contributed by atoms with Gasteiger partial charge in [-0.05, 0) is 99.9 Å². The Morgan fingerprint density at radius 2 is 1.59 bits per heavy atom. The third kappa shape index (κ3) is 13.6. The van der Waals surface area contributed by atoms with Crippen LogP contribution in [-0.2, 0) is 24.5 Å². The minimum absolute atomic E-state index is 0.0471. The molecule has 4 N–H and O–H groups in total. The van der Waals surface area contributed by atoms with Gasteiger partial charge in [0.05, 0.1) is 23.8 Å². The molecule has 4 rings (SSSR count). The molecule has 0 fully saturated rings. The SMILES string of the molecule is Cc1c(COc2cc(OCc3cncc(C(=O)O)c3)c(CN[C@H](CO)CCCCNC(=O)OC(C)(C)C)cc2Cl)cccc1-c1cccc(OCCCCl)c1C. The molecule has 0 saturated carbocycles. The summed E-state index contributed by atoms with van der Waals surface area (Å²) in [6.07, 6.45) is 5.27. The molecule has 0 bridgehead atoms. The van der Waals surface area contributed by atoms with E-state index in [1.807, 2.05) is 45.0 Å². The van der Waals surface area contributed by atoms with Crippen molar-refractivity contribution in [2.75, 3.05) is 25.6 Å². The number of aromatic nitrogens is 1. The molecule has 0 aliphatic carbocycles. The number of hydrogen-bond acceptors (Lipinski definition) is 9. The van der Waals surface area contributed by atoms with Crippen molar-refractivity contribution in [3.63, 3.8) is 0 Å². The van der Waals surface area contributed by atoms with Gasteiger partial charge < -0.3 is 39.8 Å². The van der Waals surface area contributed by atoms with Crippen molar-refractivity contribution >= 4 is 35.3 Å². The second-order valence-corrected chi connectivity index (χ2v) is 15.2. The summed E-state index contributed by atoms with van der Waals surface area (Å²) in [6, 6.07) is 16.9. The topological polar surface area (TPSA) is 148 Å². The number of aliphatic hydroxyl groups excluding tert-OH is 1. The average Bonchev–Trinajstić information content (AvgIpc) is 3.15.